The number of carbonyl (C=O) groups excluding carboxylic acids is 1. The number of nitrogens with one attached hydrogen (secondary N) is 1. The number of pyridine rings is 1. The fraction of sp³-hybridized carbons (Fsp3) is 0.333. The molecule has 1 N–H and O–H groups in total. The van der Waals surface area contributed by atoms with Gasteiger partial charge in [0, 0.05) is 18.7 Å². The molecule has 8 heteroatoms. The minimum absolute atomic E-state index is 0.130. The predicted octanol–water partition coefficient (Wildman–Crippen LogP) is 3.77. The van der Waals surface area contributed by atoms with Crippen LogP contribution in [0.25, 0.3) is 0 Å². The van der Waals surface area contributed by atoms with Gasteiger partial charge in [0.15, 0.2) is 0 Å². The molecule has 1 aliphatic heterocycles. The van der Waals surface area contributed by atoms with Crippen molar-refractivity contribution in [2.24, 2.45) is 0 Å². The Morgan fingerprint density at radius 1 is 1.27 bits per heavy atom. The first-order valence-electron chi connectivity index (χ1n) is 8.22. The van der Waals surface area contributed by atoms with E-state index in [4.69, 9.17) is 4.74 Å². The molecule has 1 aromatic heterocycles. The predicted molar refractivity (Wildman–Crippen MR) is 90.1 cm³/mol. The summed E-state index contributed by atoms with van der Waals surface area (Å²) < 4.78 is 45.3. The molecule has 1 saturated heterocycles. The van der Waals surface area contributed by atoms with E-state index in [0.29, 0.717) is 36.6 Å². The van der Waals surface area contributed by atoms with Crippen LogP contribution in [0.3, 0.4) is 0 Å². The van der Waals surface area contributed by atoms with Gasteiger partial charge in [0.25, 0.3) is 0 Å². The molecule has 0 bridgehead atoms. The molecule has 2 aromatic rings. The summed E-state index contributed by atoms with van der Waals surface area (Å²) in [7, 11) is 0. The van der Waals surface area contributed by atoms with Crippen LogP contribution in [0, 0.1) is 0 Å². The Balaban J connectivity index is 1.76. The van der Waals surface area contributed by atoms with Gasteiger partial charge in [-0.3, -0.25) is 4.90 Å². The number of nitrogens with zero attached hydrogens (tertiary/aromatic N) is 2. The molecule has 0 radical (unpaired) electrons. The summed E-state index contributed by atoms with van der Waals surface area (Å²) in [5.41, 5.74) is 0.0406. The van der Waals surface area contributed by atoms with Crippen LogP contribution in [0.5, 0.6) is 5.75 Å². The maximum Gasteiger partial charge on any atom is 0.416 e. The van der Waals surface area contributed by atoms with Crippen molar-refractivity contribution in [1.82, 2.24) is 10.3 Å². The number of aromatic nitrogens is 1. The maximum atomic E-state index is 13.2. The highest BCUT2D eigenvalue weighted by atomic mass is 19.4. The largest absolute Gasteiger partial charge is 0.487 e. The Labute approximate surface area is 148 Å². The van der Waals surface area contributed by atoms with Crippen LogP contribution >= 0.6 is 0 Å². The zero-order valence-electron chi connectivity index (χ0n) is 14.1. The number of aryl methyl sites for hydroxylation is 1. The van der Waals surface area contributed by atoms with Crippen LogP contribution in [-0.2, 0) is 19.2 Å². The number of halogens is 3. The highest BCUT2D eigenvalue weighted by molar-refractivity contribution is 5.93. The quantitative estimate of drug-likeness (QED) is 0.878. The molecule has 2 amide bonds. The van der Waals surface area contributed by atoms with E-state index >= 15 is 0 Å². The van der Waals surface area contributed by atoms with Crippen LogP contribution in [-0.4, -0.2) is 24.1 Å². The lowest BCUT2D eigenvalue weighted by molar-refractivity contribution is -0.138. The van der Waals surface area contributed by atoms with Crippen molar-refractivity contribution in [1.29, 1.82) is 0 Å². The van der Waals surface area contributed by atoms with Gasteiger partial charge >= 0.3 is 12.2 Å². The molecule has 1 fully saturated rings. The van der Waals surface area contributed by atoms with Crippen molar-refractivity contribution in [3.63, 3.8) is 0 Å². The van der Waals surface area contributed by atoms with Crippen molar-refractivity contribution in [3.05, 3.63) is 53.2 Å². The molecule has 26 heavy (non-hydrogen) atoms. The Morgan fingerprint density at radius 2 is 2.08 bits per heavy atom. The van der Waals surface area contributed by atoms with Crippen LogP contribution < -0.4 is 15.0 Å². The molecule has 3 rings (SSSR count). The van der Waals surface area contributed by atoms with Crippen LogP contribution in [0.1, 0.15) is 23.6 Å². The number of alkyl halides is 3. The second-order valence-electron chi connectivity index (χ2n) is 5.82. The molecule has 0 spiro atoms. The summed E-state index contributed by atoms with van der Waals surface area (Å²) >= 11 is 0. The lowest BCUT2D eigenvalue weighted by atomic mass is 9.99. The van der Waals surface area contributed by atoms with Crippen molar-refractivity contribution >= 4 is 11.8 Å². The summed E-state index contributed by atoms with van der Waals surface area (Å²) in [4.78, 5) is 17.2. The van der Waals surface area contributed by atoms with Crippen LogP contribution in [0.2, 0.25) is 0 Å². The molecule has 5 nitrogen and oxygen atoms in total. The van der Waals surface area contributed by atoms with E-state index in [1.54, 1.807) is 25.1 Å². The fourth-order valence-electron chi connectivity index (χ4n) is 2.87. The van der Waals surface area contributed by atoms with Gasteiger partial charge in [0.2, 0.25) is 0 Å². The van der Waals surface area contributed by atoms with Gasteiger partial charge in [-0.25, -0.2) is 9.78 Å². The van der Waals surface area contributed by atoms with E-state index < -0.39 is 11.7 Å². The zero-order chi connectivity index (χ0) is 18.7. The first kappa shape index (κ1) is 18.0. The molecule has 0 unspecified atom stereocenters. The third-order valence-corrected chi connectivity index (χ3v) is 4.20. The van der Waals surface area contributed by atoms with Crippen molar-refractivity contribution in [2.45, 2.75) is 26.1 Å². The standard InChI is InChI=1S/C18H18F3N3O2/c1-2-12-4-3-5-15(18(19,20)21)14(12)11-26-13-6-7-16(23-10-13)24-9-8-22-17(24)25/h3-7,10H,2,8-9,11H2,1H3,(H,22,25). The van der Waals surface area contributed by atoms with Crippen LogP contribution in [0.4, 0.5) is 23.8 Å². The second kappa shape index (κ2) is 7.23. The smallest absolute Gasteiger partial charge is 0.416 e. The van der Waals surface area contributed by atoms with Gasteiger partial charge in [0.1, 0.15) is 18.2 Å². The van der Waals surface area contributed by atoms with E-state index in [9.17, 15) is 18.0 Å². The zero-order valence-corrected chi connectivity index (χ0v) is 14.1. The number of ether oxygens (including phenoxy) is 1. The summed E-state index contributed by atoms with van der Waals surface area (Å²) in [6.07, 6.45) is -2.55. The number of carbonyl (C=O) groups is 1. The summed E-state index contributed by atoms with van der Waals surface area (Å²) in [6, 6.07) is 7.11. The van der Waals surface area contributed by atoms with E-state index in [1.165, 1.54) is 17.2 Å². The molecule has 2 heterocycles. The molecule has 1 aliphatic rings. The van der Waals surface area contributed by atoms with Gasteiger partial charge in [-0.2, -0.15) is 13.2 Å². The minimum atomic E-state index is -4.44. The third kappa shape index (κ3) is 3.74. The first-order chi connectivity index (χ1) is 12.4. The maximum absolute atomic E-state index is 13.2. The van der Waals surface area contributed by atoms with Crippen molar-refractivity contribution in [2.75, 3.05) is 18.0 Å². The van der Waals surface area contributed by atoms with Crippen LogP contribution in [0.15, 0.2) is 36.5 Å². The molecule has 0 aliphatic carbocycles. The molecular formula is C18H18F3N3O2. The van der Waals surface area contributed by atoms with Gasteiger partial charge in [-0.15, -0.1) is 0 Å². The van der Waals surface area contributed by atoms with Gasteiger partial charge in [0.05, 0.1) is 11.8 Å². The average Bonchev–Trinajstić information content (AvgIpc) is 3.05. The lowest BCUT2D eigenvalue weighted by Crippen LogP contribution is -2.28. The molecular weight excluding hydrogens is 347 g/mol. The Hall–Kier alpha value is -2.77. The molecule has 1 aromatic carbocycles. The number of rotatable bonds is 5. The lowest BCUT2D eigenvalue weighted by Gasteiger charge is -2.17. The monoisotopic (exact) mass is 365 g/mol. The second-order valence-corrected chi connectivity index (χ2v) is 5.82. The number of anilines is 1. The Bertz CT molecular complexity index is 791. The van der Waals surface area contributed by atoms with E-state index in [2.05, 4.69) is 10.3 Å². The minimum Gasteiger partial charge on any atom is -0.487 e. The number of benzene rings is 1. The molecule has 138 valence electrons. The number of urea groups is 1. The summed E-state index contributed by atoms with van der Waals surface area (Å²) in [5, 5.41) is 2.67. The highest BCUT2D eigenvalue weighted by Gasteiger charge is 2.34. The molecule has 0 saturated carbocycles. The van der Waals surface area contributed by atoms with E-state index in [0.717, 1.165) is 6.07 Å². The van der Waals surface area contributed by atoms with Gasteiger partial charge in [-0.05, 0) is 30.2 Å². The third-order valence-electron chi connectivity index (χ3n) is 4.20. The van der Waals surface area contributed by atoms with E-state index in [-0.39, 0.29) is 18.2 Å². The molecule has 0 atom stereocenters. The normalized spacial score (nSPS) is 14.5. The number of hydrogen-bond donors (Lipinski definition) is 1. The average molecular weight is 365 g/mol. The van der Waals surface area contributed by atoms with Gasteiger partial charge in [-0.1, -0.05) is 19.1 Å². The fourth-order valence-corrected chi connectivity index (χ4v) is 2.87. The first-order valence-corrected chi connectivity index (χ1v) is 8.22. The number of amides is 2. The van der Waals surface area contributed by atoms with Gasteiger partial charge < -0.3 is 10.1 Å². The van der Waals surface area contributed by atoms with Crippen molar-refractivity contribution in [3.8, 4) is 5.75 Å². The summed E-state index contributed by atoms with van der Waals surface area (Å²) in [6.45, 7) is 2.66. The Kier molecular flexibility index (Phi) is 5.01. The highest BCUT2D eigenvalue weighted by Crippen LogP contribution is 2.34. The van der Waals surface area contributed by atoms with Crippen molar-refractivity contribution < 1.29 is 22.7 Å². The summed E-state index contributed by atoms with van der Waals surface area (Å²) in [5.74, 6) is 0.810. The van der Waals surface area contributed by atoms with E-state index in [1.807, 2.05) is 0 Å². The SMILES string of the molecule is CCc1cccc(C(F)(F)F)c1COc1ccc(N2CCNC2=O)nc1. The topological polar surface area (TPSA) is 54.5 Å². The Morgan fingerprint density at radius 3 is 2.65 bits per heavy atom. The number of hydrogen-bond acceptors (Lipinski definition) is 3.